The van der Waals surface area contributed by atoms with Gasteiger partial charge in [-0.3, -0.25) is 0 Å². The molecular weight excluding hydrogens is 190 g/mol. The first-order chi connectivity index (χ1) is 7.09. The molecule has 1 aromatic carbocycles. The summed E-state index contributed by atoms with van der Waals surface area (Å²) in [5.41, 5.74) is 2.05. The van der Waals surface area contributed by atoms with E-state index in [-0.39, 0.29) is 11.5 Å². The van der Waals surface area contributed by atoms with Crippen LogP contribution in [0.1, 0.15) is 19.4 Å². The molecule has 0 saturated carbocycles. The quantitative estimate of drug-likeness (QED) is 0.524. The maximum atomic E-state index is 9.48. The average molecular weight is 207 g/mol. The molecule has 0 aliphatic carbocycles. The Morgan fingerprint density at radius 2 is 2.07 bits per heavy atom. The van der Waals surface area contributed by atoms with E-state index in [4.69, 9.17) is 5.11 Å². The molecule has 0 amide bonds. The summed E-state index contributed by atoms with van der Waals surface area (Å²) in [4.78, 5) is 0. The minimum Gasteiger partial charge on any atom is -0.508 e. The van der Waals surface area contributed by atoms with Crippen LogP contribution in [-0.2, 0) is 6.54 Å². The summed E-state index contributed by atoms with van der Waals surface area (Å²) in [7, 11) is 0. The molecule has 15 heavy (non-hydrogen) atoms. The molecule has 82 valence electrons. The lowest BCUT2D eigenvalue weighted by molar-refractivity contribution is 0.444. The first kappa shape index (κ1) is 11.6. The van der Waals surface area contributed by atoms with E-state index in [9.17, 15) is 5.11 Å². The highest BCUT2D eigenvalue weighted by Crippen LogP contribution is 2.21. The van der Waals surface area contributed by atoms with Crippen LogP contribution in [-0.4, -0.2) is 16.8 Å². The number of nitrogens with one attached hydrogen (secondary N) is 1. The SMILES string of the molecule is CC(C)=CCNCc1ccc(O)cc1O. The summed E-state index contributed by atoms with van der Waals surface area (Å²) in [5.74, 6) is 0.209. The molecule has 0 saturated heterocycles. The van der Waals surface area contributed by atoms with Crippen LogP contribution < -0.4 is 5.32 Å². The third kappa shape index (κ3) is 4.04. The van der Waals surface area contributed by atoms with Gasteiger partial charge in [-0.15, -0.1) is 0 Å². The van der Waals surface area contributed by atoms with E-state index < -0.39 is 0 Å². The Morgan fingerprint density at radius 1 is 1.33 bits per heavy atom. The van der Waals surface area contributed by atoms with Gasteiger partial charge in [0.25, 0.3) is 0 Å². The van der Waals surface area contributed by atoms with Crippen molar-refractivity contribution < 1.29 is 10.2 Å². The van der Waals surface area contributed by atoms with Crippen molar-refractivity contribution in [2.75, 3.05) is 6.54 Å². The van der Waals surface area contributed by atoms with Crippen LogP contribution in [0, 0.1) is 0 Å². The highest BCUT2D eigenvalue weighted by molar-refractivity contribution is 5.38. The van der Waals surface area contributed by atoms with Crippen LogP contribution >= 0.6 is 0 Å². The molecule has 0 aliphatic rings. The number of benzene rings is 1. The van der Waals surface area contributed by atoms with E-state index in [0.717, 1.165) is 12.1 Å². The van der Waals surface area contributed by atoms with Gasteiger partial charge in [0, 0.05) is 24.7 Å². The lowest BCUT2D eigenvalue weighted by atomic mass is 10.2. The monoisotopic (exact) mass is 207 g/mol. The summed E-state index contributed by atoms with van der Waals surface area (Å²) in [6, 6.07) is 4.62. The Bertz CT molecular complexity index is 355. The molecule has 0 fully saturated rings. The summed E-state index contributed by atoms with van der Waals surface area (Å²) in [6.07, 6.45) is 2.08. The Labute approximate surface area is 90.1 Å². The first-order valence-corrected chi connectivity index (χ1v) is 4.94. The van der Waals surface area contributed by atoms with Gasteiger partial charge in [0.15, 0.2) is 0 Å². The third-order valence-corrected chi connectivity index (χ3v) is 2.04. The number of allylic oxidation sites excluding steroid dienone is 1. The molecular formula is C12H17NO2. The largest absolute Gasteiger partial charge is 0.508 e. The van der Waals surface area contributed by atoms with Crippen molar-refractivity contribution in [1.29, 1.82) is 0 Å². The van der Waals surface area contributed by atoms with Crippen molar-refractivity contribution in [3.8, 4) is 11.5 Å². The molecule has 0 spiro atoms. The predicted molar refractivity (Wildman–Crippen MR) is 60.9 cm³/mol. The minimum absolute atomic E-state index is 0.0838. The lowest BCUT2D eigenvalue weighted by Crippen LogP contribution is -2.13. The normalized spacial score (nSPS) is 10.0. The average Bonchev–Trinajstić information content (AvgIpc) is 2.14. The summed E-state index contributed by atoms with van der Waals surface area (Å²) in [6.45, 7) is 5.46. The van der Waals surface area contributed by atoms with Gasteiger partial charge in [0.2, 0.25) is 0 Å². The number of aromatic hydroxyl groups is 2. The van der Waals surface area contributed by atoms with Crippen LogP contribution in [0.25, 0.3) is 0 Å². The van der Waals surface area contributed by atoms with Crippen molar-refractivity contribution in [1.82, 2.24) is 5.32 Å². The molecule has 0 aromatic heterocycles. The van der Waals surface area contributed by atoms with Crippen molar-refractivity contribution in [3.05, 3.63) is 35.4 Å². The first-order valence-electron chi connectivity index (χ1n) is 4.94. The Hall–Kier alpha value is -1.48. The van der Waals surface area contributed by atoms with Crippen LogP contribution in [0.5, 0.6) is 11.5 Å². The zero-order valence-corrected chi connectivity index (χ0v) is 9.12. The van der Waals surface area contributed by atoms with E-state index >= 15 is 0 Å². The molecule has 1 aromatic rings. The van der Waals surface area contributed by atoms with Gasteiger partial charge in [-0.2, -0.15) is 0 Å². The van der Waals surface area contributed by atoms with E-state index in [1.807, 2.05) is 13.8 Å². The van der Waals surface area contributed by atoms with E-state index in [2.05, 4.69) is 11.4 Å². The van der Waals surface area contributed by atoms with Gasteiger partial charge in [-0.05, 0) is 19.9 Å². The maximum absolute atomic E-state index is 9.48. The Morgan fingerprint density at radius 3 is 2.67 bits per heavy atom. The van der Waals surface area contributed by atoms with Gasteiger partial charge in [0.1, 0.15) is 11.5 Å². The van der Waals surface area contributed by atoms with Crippen LogP contribution in [0.4, 0.5) is 0 Å². The zero-order chi connectivity index (χ0) is 11.3. The fraction of sp³-hybridized carbons (Fsp3) is 0.333. The topological polar surface area (TPSA) is 52.5 Å². The van der Waals surface area contributed by atoms with Crippen molar-refractivity contribution in [2.24, 2.45) is 0 Å². The van der Waals surface area contributed by atoms with Gasteiger partial charge >= 0.3 is 0 Å². The van der Waals surface area contributed by atoms with E-state index in [0.29, 0.717) is 6.54 Å². The molecule has 0 bridgehead atoms. The molecule has 3 N–H and O–H groups in total. The van der Waals surface area contributed by atoms with Crippen molar-refractivity contribution >= 4 is 0 Å². The molecule has 3 heteroatoms. The highest BCUT2D eigenvalue weighted by Gasteiger charge is 2.00. The van der Waals surface area contributed by atoms with Crippen LogP contribution in [0.2, 0.25) is 0 Å². The Balaban J connectivity index is 2.47. The van der Waals surface area contributed by atoms with Crippen LogP contribution in [0.3, 0.4) is 0 Å². The molecule has 3 nitrogen and oxygen atoms in total. The number of hydrogen-bond donors (Lipinski definition) is 3. The maximum Gasteiger partial charge on any atom is 0.123 e. The third-order valence-electron chi connectivity index (χ3n) is 2.04. The second-order valence-corrected chi connectivity index (χ2v) is 3.73. The number of hydrogen-bond acceptors (Lipinski definition) is 3. The number of rotatable bonds is 4. The fourth-order valence-electron chi connectivity index (χ4n) is 1.18. The lowest BCUT2D eigenvalue weighted by Gasteiger charge is -2.05. The van der Waals surface area contributed by atoms with Crippen LogP contribution in [0.15, 0.2) is 29.8 Å². The van der Waals surface area contributed by atoms with Crippen molar-refractivity contribution in [2.45, 2.75) is 20.4 Å². The summed E-state index contributed by atoms with van der Waals surface area (Å²) < 4.78 is 0. The standard InChI is InChI=1S/C12H17NO2/c1-9(2)5-6-13-8-10-3-4-11(14)7-12(10)15/h3-5,7,13-15H,6,8H2,1-2H3. The highest BCUT2D eigenvalue weighted by atomic mass is 16.3. The molecule has 0 aliphatic heterocycles. The molecule has 0 unspecified atom stereocenters. The van der Waals surface area contributed by atoms with Gasteiger partial charge in [-0.25, -0.2) is 0 Å². The molecule has 0 atom stereocenters. The zero-order valence-electron chi connectivity index (χ0n) is 9.12. The Kier molecular flexibility index (Phi) is 4.18. The molecule has 1 rings (SSSR count). The molecule has 0 radical (unpaired) electrons. The second kappa shape index (κ2) is 5.41. The smallest absolute Gasteiger partial charge is 0.123 e. The minimum atomic E-state index is 0.0838. The van der Waals surface area contributed by atoms with Gasteiger partial charge in [-0.1, -0.05) is 17.7 Å². The fourth-order valence-corrected chi connectivity index (χ4v) is 1.18. The van der Waals surface area contributed by atoms with Crippen molar-refractivity contribution in [3.63, 3.8) is 0 Å². The van der Waals surface area contributed by atoms with Gasteiger partial charge < -0.3 is 15.5 Å². The number of phenols is 2. The van der Waals surface area contributed by atoms with Gasteiger partial charge in [0.05, 0.1) is 0 Å². The molecule has 0 heterocycles. The summed E-state index contributed by atoms with van der Waals surface area (Å²) in [5, 5.41) is 21.8. The summed E-state index contributed by atoms with van der Waals surface area (Å²) >= 11 is 0. The van der Waals surface area contributed by atoms with E-state index in [1.165, 1.54) is 11.6 Å². The number of phenolic OH excluding ortho intramolecular Hbond substituents is 2. The second-order valence-electron chi connectivity index (χ2n) is 3.73. The predicted octanol–water partition coefficient (Wildman–Crippen LogP) is 2.15. The van der Waals surface area contributed by atoms with E-state index in [1.54, 1.807) is 12.1 Å².